The highest BCUT2D eigenvalue weighted by molar-refractivity contribution is 5.24. The van der Waals surface area contributed by atoms with Gasteiger partial charge in [0.15, 0.2) is 5.82 Å². The van der Waals surface area contributed by atoms with Crippen LogP contribution in [-0.4, -0.2) is 16.2 Å². The van der Waals surface area contributed by atoms with Crippen molar-refractivity contribution < 1.29 is 14.2 Å². The summed E-state index contributed by atoms with van der Waals surface area (Å²) in [5, 5.41) is 9.12. The Kier molecular flexibility index (Phi) is 3.05. The van der Waals surface area contributed by atoms with Gasteiger partial charge in [-0.2, -0.15) is 0 Å². The molecule has 3 unspecified atom stereocenters. The van der Waals surface area contributed by atoms with Crippen molar-refractivity contribution in [1.29, 1.82) is 0 Å². The van der Waals surface area contributed by atoms with Gasteiger partial charge < -0.3 is 9.84 Å². The van der Waals surface area contributed by atoms with E-state index in [1.165, 1.54) is 18.7 Å². The molecule has 0 aliphatic heterocycles. The van der Waals surface area contributed by atoms with Gasteiger partial charge in [0.25, 0.3) is 5.88 Å². The molecule has 3 atom stereocenters. The highest BCUT2D eigenvalue weighted by Gasteiger charge is 2.62. The Morgan fingerprint density at radius 1 is 1.45 bits per heavy atom. The fourth-order valence-corrected chi connectivity index (χ4v) is 4.11. The van der Waals surface area contributed by atoms with Gasteiger partial charge in [-0.05, 0) is 36.7 Å². The Morgan fingerprint density at radius 3 is 2.75 bits per heavy atom. The number of fused-ring (bicyclic) bond motifs is 2. The average molecular weight is 279 g/mol. The fourth-order valence-electron chi connectivity index (χ4n) is 4.11. The zero-order valence-corrected chi connectivity index (χ0v) is 12.3. The van der Waals surface area contributed by atoms with Gasteiger partial charge in [0, 0.05) is 17.2 Å². The number of aliphatic hydroxyl groups excluding tert-OH is 1. The quantitative estimate of drug-likeness (QED) is 0.923. The van der Waals surface area contributed by atoms with Crippen molar-refractivity contribution >= 4 is 0 Å². The summed E-state index contributed by atoms with van der Waals surface area (Å²) in [5.74, 6) is 0.145. The predicted molar refractivity (Wildman–Crippen MR) is 73.8 cm³/mol. The van der Waals surface area contributed by atoms with Crippen molar-refractivity contribution in [3.05, 3.63) is 23.6 Å². The molecule has 2 bridgehead atoms. The molecular formula is C16H22FNO2. The van der Waals surface area contributed by atoms with Gasteiger partial charge in [0.2, 0.25) is 0 Å². The van der Waals surface area contributed by atoms with Crippen LogP contribution >= 0.6 is 0 Å². The summed E-state index contributed by atoms with van der Waals surface area (Å²) >= 11 is 0. The minimum atomic E-state index is -0.529. The van der Waals surface area contributed by atoms with E-state index < -0.39 is 5.82 Å². The van der Waals surface area contributed by atoms with Crippen molar-refractivity contribution in [1.82, 2.24) is 4.98 Å². The van der Waals surface area contributed by atoms with Crippen molar-refractivity contribution in [2.24, 2.45) is 16.7 Å². The average Bonchev–Trinajstić information content (AvgIpc) is 2.74. The van der Waals surface area contributed by atoms with Crippen molar-refractivity contribution in [2.45, 2.75) is 52.7 Å². The predicted octanol–water partition coefficient (Wildman–Crippen LogP) is 3.31. The molecule has 110 valence electrons. The Balaban J connectivity index is 1.87. The molecule has 0 spiro atoms. The number of rotatable bonds is 3. The Morgan fingerprint density at radius 2 is 2.20 bits per heavy atom. The summed E-state index contributed by atoms with van der Waals surface area (Å²) in [7, 11) is 0. The number of halogens is 1. The van der Waals surface area contributed by atoms with Gasteiger partial charge in [0.05, 0.1) is 6.61 Å². The number of ether oxygens (including phenoxy) is 1. The summed E-state index contributed by atoms with van der Waals surface area (Å²) in [6.45, 7) is 6.50. The lowest BCUT2D eigenvalue weighted by atomic mass is 9.70. The largest absolute Gasteiger partial charge is 0.472 e. The summed E-state index contributed by atoms with van der Waals surface area (Å²) in [4.78, 5) is 4.00. The first-order valence-corrected chi connectivity index (χ1v) is 7.31. The van der Waals surface area contributed by atoms with Gasteiger partial charge in [-0.1, -0.05) is 20.8 Å². The van der Waals surface area contributed by atoms with Crippen LogP contribution in [0, 0.1) is 22.6 Å². The van der Waals surface area contributed by atoms with E-state index in [1.807, 2.05) is 0 Å². The molecule has 1 heterocycles. The monoisotopic (exact) mass is 279 g/mol. The number of hydrogen-bond acceptors (Lipinski definition) is 3. The second-order valence-electron chi connectivity index (χ2n) is 6.96. The highest BCUT2D eigenvalue weighted by Crippen LogP contribution is 2.66. The SMILES string of the molecule is CC1(C)C2CCC1(C)C(Oc1nccc(CO)c1F)C2. The zero-order valence-electron chi connectivity index (χ0n) is 12.3. The van der Waals surface area contributed by atoms with E-state index in [0.29, 0.717) is 5.92 Å². The first-order chi connectivity index (χ1) is 9.40. The van der Waals surface area contributed by atoms with Crippen LogP contribution < -0.4 is 4.74 Å². The molecular weight excluding hydrogens is 257 g/mol. The zero-order chi connectivity index (χ0) is 14.5. The van der Waals surface area contributed by atoms with Crippen molar-refractivity contribution in [3.8, 4) is 5.88 Å². The van der Waals surface area contributed by atoms with E-state index in [4.69, 9.17) is 9.84 Å². The molecule has 20 heavy (non-hydrogen) atoms. The number of nitrogens with zero attached hydrogens (tertiary/aromatic N) is 1. The van der Waals surface area contributed by atoms with Crippen molar-refractivity contribution in [3.63, 3.8) is 0 Å². The maximum atomic E-state index is 14.1. The minimum absolute atomic E-state index is 0.00666. The number of aliphatic hydroxyl groups is 1. The normalized spacial score (nSPS) is 34.5. The summed E-state index contributed by atoms with van der Waals surface area (Å²) in [6, 6.07) is 1.48. The number of aromatic nitrogens is 1. The molecule has 2 fully saturated rings. The summed E-state index contributed by atoms with van der Waals surface area (Å²) < 4.78 is 20.1. The molecule has 2 aliphatic carbocycles. The van der Waals surface area contributed by atoms with Crippen LogP contribution in [0.4, 0.5) is 4.39 Å². The van der Waals surface area contributed by atoms with Gasteiger partial charge in [-0.3, -0.25) is 0 Å². The molecule has 0 aromatic carbocycles. The van der Waals surface area contributed by atoms with Gasteiger partial charge in [0.1, 0.15) is 6.10 Å². The van der Waals surface area contributed by atoms with Gasteiger partial charge >= 0.3 is 0 Å². The maximum Gasteiger partial charge on any atom is 0.251 e. The first-order valence-electron chi connectivity index (χ1n) is 7.31. The molecule has 4 heteroatoms. The second-order valence-corrected chi connectivity index (χ2v) is 6.96. The van der Waals surface area contributed by atoms with Crippen LogP contribution in [0.1, 0.15) is 45.6 Å². The molecule has 2 aliphatic rings. The standard InChI is InChI=1S/C16H22FNO2/c1-15(2)11-4-6-16(15,3)12(8-11)20-14-13(17)10(9-19)5-7-18-14/h5,7,11-12,19H,4,6,8-9H2,1-3H3. The van der Waals surface area contributed by atoms with Crippen LogP contribution in [0.15, 0.2) is 12.3 Å². The van der Waals surface area contributed by atoms with Crippen LogP contribution in [0.3, 0.4) is 0 Å². The second kappa shape index (κ2) is 4.42. The molecule has 1 aromatic heterocycles. The summed E-state index contributed by atoms with van der Waals surface area (Å²) in [5.41, 5.74) is 0.534. The van der Waals surface area contributed by atoms with E-state index in [2.05, 4.69) is 25.8 Å². The molecule has 1 aromatic rings. The smallest absolute Gasteiger partial charge is 0.251 e. The van der Waals surface area contributed by atoms with Crippen LogP contribution in [-0.2, 0) is 6.61 Å². The van der Waals surface area contributed by atoms with E-state index >= 15 is 0 Å². The van der Waals surface area contributed by atoms with Gasteiger partial charge in [-0.15, -0.1) is 0 Å². The van der Waals surface area contributed by atoms with Gasteiger partial charge in [-0.25, -0.2) is 9.37 Å². The lowest BCUT2D eigenvalue weighted by molar-refractivity contribution is 0.0244. The van der Waals surface area contributed by atoms with E-state index in [0.717, 1.165) is 12.8 Å². The molecule has 0 saturated heterocycles. The molecule has 3 rings (SSSR count). The molecule has 0 amide bonds. The molecule has 1 N–H and O–H groups in total. The highest BCUT2D eigenvalue weighted by atomic mass is 19.1. The summed E-state index contributed by atoms with van der Waals surface area (Å²) in [6.07, 6.45) is 4.82. The molecule has 0 radical (unpaired) electrons. The van der Waals surface area contributed by atoms with Crippen molar-refractivity contribution in [2.75, 3.05) is 0 Å². The van der Waals surface area contributed by atoms with Crippen LogP contribution in [0.2, 0.25) is 0 Å². The molecule has 3 nitrogen and oxygen atoms in total. The first kappa shape index (κ1) is 13.8. The van der Waals surface area contributed by atoms with Crippen LogP contribution in [0.25, 0.3) is 0 Å². The Bertz CT molecular complexity index is 531. The number of hydrogen-bond donors (Lipinski definition) is 1. The van der Waals surface area contributed by atoms with E-state index in [1.54, 1.807) is 0 Å². The maximum absolute atomic E-state index is 14.1. The lowest BCUT2D eigenvalue weighted by Gasteiger charge is -2.38. The fraction of sp³-hybridized carbons (Fsp3) is 0.688. The van der Waals surface area contributed by atoms with E-state index in [-0.39, 0.29) is 35.0 Å². The minimum Gasteiger partial charge on any atom is -0.472 e. The third-order valence-corrected chi connectivity index (χ3v) is 6.08. The Hall–Kier alpha value is -1.16. The lowest BCUT2D eigenvalue weighted by Crippen LogP contribution is -2.39. The number of pyridine rings is 1. The Labute approximate surface area is 119 Å². The van der Waals surface area contributed by atoms with E-state index in [9.17, 15) is 4.39 Å². The topological polar surface area (TPSA) is 42.4 Å². The molecule has 2 saturated carbocycles. The third-order valence-electron chi connectivity index (χ3n) is 6.08. The van der Waals surface area contributed by atoms with Crippen LogP contribution in [0.5, 0.6) is 5.88 Å². The third kappa shape index (κ3) is 1.70.